The van der Waals surface area contributed by atoms with E-state index in [9.17, 15) is 4.79 Å². The van der Waals surface area contributed by atoms with E-state index in [0.29, 0.717) is 6.04 Å². The summed E-state index contributed by atoms with van der Waals surface area (Å²) in [4.78, 5) is 14.4. The molecule has 0 radical (unpaired) electrons. The van der Waals surface area contributed by atoms with E-state index in [0.717, 1.165) is 35.2 Å². The van der Waals surface area contributed by atoms with Crippen LogP contribution in [0.15, 0.2) is 23.0 Å². The van der Waals surface area contributed by atoms with Crippen LogP contribution in [0.1, 0.15) is 31.9 Å². The van der Waals surface area contributed by atoms with Gasteiger partial charge in [-0.1, -0.05) is 19.9 Å². The van der Waals surface area contributed by atoms with Crippen LogP contribution in [0.5, 0.6) is 5.75 Å². The van der Waals surface area contributed by atoms with Crippen molar-refractivity contribution < 1.29 is 4.74 Å². The summed E-state index contributed by atoms with van der Waals surface area (Å²) in [5, 5.41) is 4.45. The summed E-state index contributed by atoms with van der Waals surface area (Å²) in [6, 6.07) is 5.99. The average molecular weight is 286 g/mol. The van der Waals surface area contributed by atoms with Crippen molar-refractivity contribution >= 4 is 10.9 Å². The van der Waals surface area contributed by atoms with Crippen molar-refractivity contribution in [2.75, 3.05) is 6.54 Å². The molecule has 2 N–H and O–H groups in total. The number of rotatable bonds is 3. The molecule has 2 heterocycles. The molecule has 0 saturated carbocycles. The number of aromatic nitrogens is 1. The Hall–Kier alpha value is -1.81. The van der Waals surface area contributed by atoms with E-state index in [1.807, 2.05) is 13.0 Å². The summed E-state index contributed by atoms with van der Waals surface area (Å²) in [6.07, 6.45) is 0.887. The molecule has 2 aromatic rings. The first-order chi connectivity index (χ1) is 9.88. The van der Waals surface area contributed by atoms with E-state index in [2.05, 4.69) is 37.1 Å². The molecule has 0 fully saturated rings. The molecule has 1 unspecified atom stereocenters. The molecule has 0 spiro atoms. The first-order valence-electron chi connectivity index (χ1n) is 7.46. The Balaban J connectivity index is 2.03. The lowest BCUT2D eigenvalue weighted by Crippen LogP contribution is -2.44. The first kappa shape index (κ1) is 14.1. The molecule has 0 saturated heterocycles. The maximum Gasteiger partial charge on any atom is 0.248 e. The number of hydrogen-bond donors (Lipinski definition) is 2. The van der Waals surface area contributed by atoms with Crippen molar-refractivity contribution in [1.29, 1.82) is 0 Å². The summed E-state index contributed by atoms with van der Waals surface area (Å²) < 4.78 is 6.27. The van der Waals surface area contributed by atoms with E-state index >= 15 is 0 Å². The number of pyridine rings is 1. The van der Waals surface area contributed by atoms with Gasteiger partial charge >= 0.3 is 0 Å². The van der Waals surface area contributed by atoms with Crippen LogP contribution in [0.4, 0.5) is 0 Å². The van der Waals surface area contributed by atoms with E-state index in [1.54, 1.807) is 6.07 Å². The molecular formula is C17H22N2O2. The standard InChI is InChI=1S/C17H22N2O2/c1-10(2)18-9-17(4)8-12-7-11(3)15-13(16(12)21-17)5-6-14(20)19-15/h5-7,10,18H,8-9H2,1-4H3,(H,19,20). The van der Waals surface area contributed by atoms with Gasteiger partial charge in [0.15, 0.2) is 0 Å². The largest absolute Gasteiger partial charge is 0.485 e. The fourth-order valence-electron chi connectivity index (χ4n) is 3.00. The monoisotopic (exact) mass is 286 g/mol. The number of aryl methyl sites for hydroxylation is 1. The predicted molar refractivity (Wildman–Crippen MR) is 85.2 cm³/mol. The van der Waals surface area contributed by atoms with Crippen LogP contribution >= 0.6 is 0 Å². The van der Waals surface area contributed by atoms with Gasteiger partial charge in [-0.2, -0.15) is 0 Å². The number of nitrogens with one attached hydrogen (secondary N) is 2. The van der Waals surface area contributed by atoms with Gasteiger partial charge in [-0.3, -0.25) is 4.79 Å². The Labute approximate surface area is 124 Å². The summed E-state index contributed by atoms with van der Waals surface area (Å²) in [6.45, 7) is 9.24. The normalized spacial score (nSPS) is 20.8. The smallest absolute Gasteiger partial charge is 0.248 e. The van der Waals surface area contributed by atoms with Gasteiger partial charge in [-0.15, -0.1) is 0 Å². The van der Waals surface area contributed by atoms with Gasteiger partial charge in [0.2, 0.25) is 5.56 Å². The zero-order valence-corrected chi connectivity index (χ0v) is 13.0. The minimum absolute atomic E-state index is 0.0761. The third-order valence-corrected chi connectivity index (χ3v) is 4.04. The van der Waals surface area contributed by atoms with Crippen LogP contribution in [0, 0.1) is 6.92 Å². The van der Waals surface area contributed by atoms with Crippen LogP contribution in [0.3, 0.4) is 0 Å². The van der Waals surface area contributed by atoms with Crippen LogP contribution in [-0.4, -0.2) is 23.2 Å². The molecule has 0 bridgehead atoms. The van der Waals surface area contributed by atoms with E-state index in [4.69, 9.17) is 4.74 Å². The highest BCUT2D eigenvalue weighted by Crippen LogP contribution is 2.40. The maximum absolute atomic E-state index is 11.5. The van der Waals surface area contributed by atoms with Crippen molar-refractivity contribution in [2.24, 2.45) is 0 Å². The van der Waals surface area contributed by atoms with Crippen molar-refractivity contribution in [3.05, 3.63) is 39.7 Å². The Bertz CT molecular complexity index is 748. The van der Waals surface area contributed by atoms with Crippen molar-refractivity contribution in [1.82, 2.24) is 10.3 Å². The third-order valence-electron chi connectivity index (χ3n) is 4.04. The molecule has 21 heavy (non-hydrogen) atoms. The quantitative estimate of drug-likeness (QED) is 0.911. The first-order valence-corrected chi connectivity index (χ1v) is 7.46. The van der Waals surface area contributed by atoms with Gasteiger partial charge in [0.25, 0.3) is 0 Å². The topological polar surface area (TPSA) is 54.1 Å². The lowest BCUT2D eigenvalue weighted by molar-refractivity contribution is 0.113. The Morgan fingerprint density at radius 3 is 2.90 bits per heavy atom. The number of hydrogen-bond acceptors (Lipinski definition) is 3. The number of ether oxygens (including phenoxy) is 1. The summed E-state index contributed by atoms with van der Waals surface area (Å²) in [7, 11) is 0. The summed E-state index contributed by atoms with van der Waals surface area (Å²) in [5.74, 6) is 0.917. The minimum Gasteiger partial charge on any atom is -0.485 e. The molecule has 1 aromatic carbocycles. The highest BCUT2D eigenvalue weighted by atomic mass is 16.5. The molecule has 112 valence electrons. The van der Waals surface area contributed by atoms with Gasteiger partial charge in [-0.05, 0) is 31.0 Å². The van der Waals surface area contributed by atoms with Crippen molar-refractivity contribution in [2.45, 2.75) is 45.8 Å². The zero-order chi connectivity index (χ0) is 15.2. The van der Waals surface area contributed by atoms with Crippen molar-refractivity contribution in [3.63, 3.8) is 0 Å². The second kappa shape index (κ2) is 4.88. The lowest BCUT2D eigenvalue weighted by atomic mass is 9.96. The molecule has 3 rings (SSSR count). The number of benzene rings is 1. The van der Waals surface area contributed by atoms with E-state index < -0.39 is 0 Å². The fraction of sp³-hybridized carbons (Fsp3) is 0.471. The van der Waals surface area contributed by atoms with Crippen LogP contribution in [-0.2, 0) is 6.42 Å². The lowest BCUT2D eigenvalue weighted by Gasteiger charge is -2.25. The average Bonchev–Trinajstić information content (AvgIpc) is 2.74. The molecular weight excluding hydrogens is 264 g/mol. The van der Waals surface area contributed by atoms with Gasteiger partial charge in [-0.25, -0.2) is 0 Å². The SMILES string of the molecule is Cc1cc2c(c3ccc(=O)[nH]c13)OC(C)(CNC(C)C)C2. The molecule has 1 aromatic heterocycles. The molecule has 1 atom stereocenters. The van der Waals surface area contributed by atoms with Gasteiger partial charge < -0.3 is 15.0 Å². The predicted octanol–water partition coefficient (Wildman–Crippen LogP) is 2.53. The number of H-pyrrole nitrogens is 1. The van der Waals surface area contributed by atoms with E-state index in [-0.39, 0.29) is 11.2 Å². The minimum atomic E-state index is -0.233. The second-order valence-corrected chi connectivity index (χ2v) is 6.56. The molecule has 1 aliphatic rings. The van der Waals surface area contributed by atoms with Crippen molar-refractivity contribution in [3.8, 4) is 5.75 Å². The third kappa shape index (κ3) is 2.56. The second-order valence-electron chi connectivity index (χ2n) is 6.56. The molecule has 4 heteroatoms. The Kier molecular flexibility index (Phi) is 3.29. The zero-order valence-electron chi connectivity index (χ0n) is 13.0. The highest BCUT2D eigenvalue weighted by Gasteiger charge is 2.36. The molecule has 0 amide bonds. The summed E-state index contributed by atoms with van der Waals surface area (Å²) in [5.41, 5.74) is 2.88. The van der Waals surface area contributed by atoms with Crippen LogP contribution in [0.2, 0.25) is 0 Å². The molecule has 4 nitrogen and oxygen atoms in total. The fourth-order valence-corrected chi connectivity index (χ4v) is 3.00. The maximum atomic E-state index is 11.5. The Morgan fingerprint density at radius 1 is 1.43 bits per heavy atom. The summed E-state index contributed by atoms with van der Waals surface area (Å²) >= 11 is 0. The van der Waals surface area contributed by atoms with Crippen LogP contribution < -0.4 is 15.6 Å². The van der Waals surface area contributed by atoms with Gasteiger partial charge in [0, 0.05) is 30.5 Å². The highest BCUT2D eigenvalue weighted by molar-refractivity contribution is 5.89. The van der Waals surface area contributed by atoms with Gasteiger partial charge in [0.1, 0.15) is 11.4 Å². The van der Waals surface area contributed by atoms with Gasteiger partial charge in [0.05, 0.1) is 5.52 Å². The number of aromatic amines is 1. The van der Waals surface area contributed by atoms with E-state index in [1.165, 1.54) is 5.56 Å². The molecule has 0 aliphatic carbocycles. The van der Waals surface area contributed by atoms with Crippen LogP contribution in [0.25, 0.3) is 10.9 Å². The molecule has 1 aliphatic heterocycles. The number of fused-ring (bicyclic) bond motifs is 3. The Morgan fingerprint density at radius 2 is 2.19 bits per heavy atom.